The SMILES string of the molecule is C=CC(=O)OC(C)(C)CC(CC)NC(=O)OC(C)(C)C. The van der Waals surface area contributed by atoms with Crippen LogP contribution < -0.4 is 5.32 Å². The maximum absolute atomic E-state index is 11.7. The Bertz CT molecular complexity index is 355. The Labute approximate surface area is 121 Å². The number of carbonyl (C=O) groups excluding carboxylic acids is 2. The van der Waals surface area contributed by atoms with Crippen LogP contribution in [0.5, 0.6) is 0 Å². The third-order valence-corrected chi connectivity index (χ3v) is 2.50. The molecule has 0 aromatic rings. The molecule has 20 heavy (non-hydrogen) atoms. The largest absolute Gasteiger partial charge is 0.456 e. The van der Waals surface area contributed by atoms with Crippen molar-refractivity contribution in [1.29, 1.82) is 0 Å². The summed E-state index contributed by atoms with van der Waals surface area (Å²) in [5.41, 5.74) is -1.21. The minimum atomic E-state index is -0.680. The molecule has 0 heterocycles. The standard InChI is InChI=1S/C15H27NO4/c1-8-11(16-13(18)20-14(3,4)5)10-15(6,7)19-12(17)9-2/h9,11H,2,8,10H2,1,3-7H3,(H,16,18). The molecule has 0 bridgehead atoms. The van der Waals surface area contributed by atoms with E-state index < -0.39 is 23.3 Å². The Kier molecular flexibility index (Phi) is 6.76. The van der Waals surface area contributed by atoms with E-state index >= 15 is 0 Å². The van der Waals surface area contributed by atoms with Gasteiger partial charge in [-0.05, 0) is 41.0 Å². The van der Waals surface area contributed by atoms with Gasteiger partial charge in [-0.3, -0.25) is 0 Å². The molecule has 0 saturated heterocycles. The molecule has 5 heteroatoms. The highest BCUT2D eigenvalue weighted by Crippen LogP contribution is 2.19. The number of nitrogens with one attached hydrogen (secondary N) is 1. The van der Waals surface area contributed by atoms with Gasteiger partial charge in [0.05, 0.1) is 0 Å². The third-order valence-electron chi connectivity index (χ3n) is 2.50. The number of alkyl carbamates (subject to hydrolysis) is 1. The molecule has 0 spiro atoms. The average molecular weight is 285 g/mol. The average Bonchev–Trinajstić information content (AvgIpc) is 2.24. The molecule has 0 radical (unpaired) electrons. The topological polar surface area (TPSA) is 64.6 Å². The summed E-state index contributed by atoms with van der Waals surface area (Å²) in [6, 6.07) is -0.127. The third kappa shape index (κ3) is 8.56. The molecule has 0 aromatic heterocycles. The predicted molar refractivity (Wildman–Crippen MR) is 78.4 cm³/mol. The van der Waals surface area contributed by atoms with Crippen molar-refractivity contribution in [3.05, 3.63) is 12.7 Å². The van der Waals surface area contributed by atoms with Gasteiger partial charge in [-0.2, -0.15) is 0 Å². The molecule has 116 valence electrons. The van der Waals surface area contributed by atoms with Crippen LogP contribution in [0.25, 0.3) is 0 Å². The van der Waals surface area contributed by atoms with Crippen LogP contribution >= 0.6 is 0 Å². The number of ether oxygens (including phenoxy) is 2. The Balaban J connectivity index is 4.50. The lowest BCUT2D eigenvalue weighted by Gasteiger charge is -2.30. The maximum atomic E-state index is 11.7. The van der Waals surface area contributed by atoms with Crippen LogP contribution in [0.4, 0.5) is 4.79 Å². The molecule has 0 fully saturated rings. The first kappa shape index (κ1) is 18.5. The fourth-order valence-electron chi connectivity index (χ4n) is 1.72. The lowest BCUT2D eigenvalue weighted by Crippen LogP contribution is -2.43. The zero-order chi connectivity index (χ0) is 16.0. The molecule has 0 aliphatic rings. The number of hydrogen-bond acceptors (Lipinski definition) is 4. The van der Waals surface area contributed by atoms with E-state index in [0.29, 0.717) is 12.8 Å². The van der Waals surface area contributed by atoms with Crippen LogP contribution in [0.15, 0.2) is 12.7 Å². The first-order valence-electron chi connectivity index (χ1n) is 6.84. The van der Waals surface area contributed by atoms with Gasteiger partial charge in [-0.25, -0.2) is 9.59 Å². The summed E-state index contributed by atoms with van der Waals surface area (Å²) in [5.74, 6) is -0.470. The monoisotopic (exact) mass is 285 g/mol. The first-order valence-corrected chi connectivity index (χ1v) is 6.84. The van der Waals surface area contributed by atoms with Crippen molar-refractivity contribution in [1.82, 2.24) is 5.32 Å². The first-order chi connectivity index (χ1) is 8.99. The van der Waals surface area contributed by atoms with Gasteiger partial charge in [0.15, 0.2) is 0 Å². The summed E-state index contributed by atoms with van der Waals surface area (Å²) in [6.07, 6.45) is 1.89. The van der Waals surface area contributed by atoms with Crippen LogP contribution in [-0.2, 0) is 14.3 Å². The Morgan fingerprint density at radius 2 is 1.75 bits per heavy atom. The van der Waals surface area contributed by atoms with Gasteiger partial charge in [-0.15, -0.1) is 0 Å². The van der Waals surface area contributed by atoms with Crippen molar-refractivity contribution >= 4 is 12.1 Å². The molecule has 1 unspecified atom stereocenters. The molecule has 0 rings (SSSR count). The van der Waals surface area contributed by atoms with Crippen molar-refractivity contribution in [2.24, 2.45) is 0 Å². The van der Waals surface area contributed by atoms with E-state index in [1.54, 1.807) is 13.8 Å². The van der Waals surface area contributed by atoms with Crippen LogP contribution in [0.3, 0.4) is 0 Å². The van der Waals surface area contributed by atoms with E-state index in [-0.39, 0.29) is 6.04 Å². The summed E-state index contributed by atoms with van der Waals surface area (Å²) in [5, 5.41) is 2.79. The normalized spacial score (nSPS) is 13.3. The number of esters is 1. The molecule has 1 N–H and O–H groups in total. The second-order valence-corrected chi connectivity index (χ2v) is 6.34. The number of carbonyl (C=O) groups is 2. The second-order valence-electron chi connectivity index (χ2n) is 6.34. The minimum Gasteiger partial charge on any atom is -0.456 e. The zero-order valence-electron chi connectivity index (χ0n) is 13.4. The molecule has 0 aliphatic heterocycles. The van der Waals surface area contributed by atoms with Crippen LogP contribution in [-0.4, -0.2) is 29.3 Å². The molecule has 0 saturated carbocycles. The summed E-state index contributed by atoms with van der Waals surface area (Å²) in [7, 11) is 0. The van der Waals surface area contributed by atoms with Crippen LogP contribution in [0, 0.1) is 0 Å². The van der Waals surface area contributed by atoms with Crippen molar-refractivity contribution in [3.63, 3.8) is 0 Å². The van der Waals surface area contributed by atoms with Gasteiger partial charge < -0.3 is 14.8 Å². The molecule has 1 amide bonds. The van der Waals surface area contributed by atoms with Gasteiger partial charge in [-0.1, -0.05) is 13.5 Å². The fourth-order valence-corrected chi connectivity index (χ4v) is 1.72. The Morgan fingerprint density at radius 1 is 1.20 bits per heavy atom. The summed E-state index contributed by atoms with van der Waals surface area (Å²) < 4.78 is 10.5. The minimum absolute atomic E-state index is 0.127. The predicted octanol–water partition coefficient (Wildman–Crippen LogP) is 3.19. The number of hydrogen-bond donors (Lipinski definition) is 1. The van der Waals surface area contributed by atoms with Gasteiger partial charge in [0, 0.05) is 18.5 Å². The van der Waals surface area contributed by atoms with E-state index in [2.05, 4.69) is 11.9 Å². The highest BCUT2D eigenvalue weighted by Gasteiger charge is 2.28. The highest BCUT2D eigenvalue weighted by atomic mass is 16.6. The van der Waals surface area contributed by atoms with Crippen molar-refractivity contribution in [2.45, 2.75) is 71.6 Å². The Hall–Kier alpha value is -1.52. The fraction of sp³-hybridized carbons (Fsp3) is 0.733. The van der Waals surface area contributed by atoms with Crippen LogP contribution in [0.1, 0.15) is 54.4 Å². The summed E-state index contributed by atoms with van der Waals surface area (Å²) in [6.45, 7) is 14.3. The van der Waals surface area contributed by atoms with Crippen molar-refractivity contribution in [2.75, 3.05) is 0 Å². The van der Waals surface area contributed by atoms with E-state index in [9.17, 15) is 9.59 Å². The lowest BCUT2D eigenvalue weighted by atomic mass is 9.97. The summed E-state index contributed by atoms with van der Waals surface area (Å²) in [4.78, 5) is 23.0. The van der Waals surface area contributed by atoms with Gasteiger partial charge in [0.25, 0.3) is 0 Å². The van der Waals surface area contributed by atoms with E-state index in [4.69, 9.17) is 9.47 Å². The van der Waals surface area contributed by atoms with E-state index in [1.807, 2.05) is 27.7 Å². The van der Waals surface area contributed by atoms with Gasteiger partial charge in [0.2, 0.25) is 0 Å². The van der Waals surface area contributed by atoms with Gasteiger partial charge in [0.1, 0.15) is 11.2 Å². The summed E-state index contributed by atoms with van der Waals surface area (Å²) >= 11 is 0. The lowest BCUT2D eigenvalue weighted by molar-refractivity contribution is -0.151. The number of amides is 1. The Morgan fingerprint density at radius 3 is 2.15 bits per heavy atom. The second kappa shape index (κ2) is 7.31. The van der Waals surface area contributed by atoms with Crippen molar-refractivity contribution in [3.8, 4) is 0 Å². The van der Waals surface area contributed by atoms with Crippen molar-refractivity contribution < 1.29 is 19.1 Å². The van der Waals surface area contributed by atoms with E-state index in [1.165, 1.54) is 0 Å². The number of rotatable bonds is 6. The highest BCUT2D eigenvalue weighted by molar-refractivity contribution is 5.81. The van der Waals surface area contributed by atoms with E-state index in [0.717, 1.165) is 6.08 Å². The van der Waals surface area contributed by atoms with Gasteiger partial charge >= 0.3 is 12.1 Å². The maximum Gasteiger partial charge on any atom is 0.407 e. The molecular weight excluding hydrogens is 258 g/mol. The van der Waals surface area contributed by atoms with Crippen LogP contribution in [0.2, 0.25) is 0 Å². The quantitative estimate of drug-likeness (QED) is 0.601. The smallest absolute Gasteiger partial charge is 0.407 e. The molecule has 0 aromatic carbocycles. The molecule has 5 nitrogen and oxygen atoms in total. The zero-order valence-corrected chi connectivity index (χ0v) is 13.4. The molecule has 0 aliphatic carbocycles. The molecular formula is C15H27NO4. The molecule has 1 atom stereocenters.